The maximum Gasteiger partial charge on any atom is 0.143 e. The van der Waals surface area contributed by atoms with Crippen LogP contribution >= 0.6 is 11.6 Å². The van der Waals surface area contributed by atoms with Crippen molar-refractivity contribution in [3.63, 3.8) is 0 Å². The van der Waals surface area contributed by atoms with E-state index >= 15 is 0 Å². The normalized spacial score (nSPS) is 9.50. The largest absolute Gasteiger partial charge is 0.391 e. The van der Waals surface area contributed by atoms with E-state index in [1.807, 2.05) is 25.1 Å². The Labute approximate surface area is 76.8 Å². The summed E-state index contributed by atoms with van der Waals surface area (Å²) in [5.41, 5.74) is 2.06. The van der Waals surface area contributed by atoms with Crippen LogP contribution in [0.5, 0.6) is 0 Å². The lowest BCUT2D eigenvalue weighted by Gasteiger charge is -2.02. The Morgan fingerprint density at radius 3 is 2.92 bits per heavy atom. The maximum absolute atomic E-state index is 5.92. The van der Waals surface area contributed by atoms with Crippen LogP contribution in [-0.2, 0) is 11.4 Å². The molecule has 0 heterocycles. The van der Waals surface area contributed by atoms with Gasteiger partial charge >= 0.3 is 0 Å². The summed E-state index contributed by atoms with van der Waals surface area (Å²) in [4.78, 5) is 4.77. The van der Waals surface area contributed by atoms with E-state index in [9.17, 15) is 0 Å². The number of benzene rings is 1. The summed E-state index contributed by atoms with van der Waals surface area (Å²) in [6, 6.07) is 5.79. The van der Waals surface area contributed by atoms with Crippen LogP contribution in [0.25, 0.3) is 0 Å². The predicted octanol–water partition coefficient (Wildman–Crippen LogP) is 2.78. The van der Waals surface area contributed by atoms with E-state index in [0.29, 0.717) is 11.6 Å². The third-order valence-corrected chi connectivity index (χ3v) is 1.87. The van der Waals surface area contributed by atoms with E-state index in [2.05, 4.69) is 11.9 Å². The summed E-state index contributed by atoms with van der Waals surface area (Å²) in [6.45, 7) is 5.57. The minimum absolute atomic E-state index is 0.378. The van der Waals surface area contributed by atoms with Crippen molar-refractivity contribution >= 4 is 18.3 Å². The topological polar surface area (TPSA) is 21.6 Å². The van der Waals surface area contributed by atoms with Gasteiger partial charge in [0.25, 0.3) is 0 Å². The van der Waals surface area contributed by atoms with Gasteiger partial charge in [-0.15, -0.1) is 5.16 Å². The number of nitrogens with zero attached hydrogens (tertiary/aromatic N) is 1. The monoisotopic (exact) mass is 183 g/mol. The number of rotatable bonds is 3. The van der Waals surface area contributed by atoms with Crippen LogP contribution < -0.4 is 0 Å². The molecule has 0 atom stereocenters. The zero-order chi connectivity index (χ0) is 8.97. The average molecular weight is 184 g/mol. The van der Waals surface area contributed by atoms with Crippen LogP contribution in [-0.4, -0.2) is 6.72 Å². The van der Waals surface area contributed by atoms with Crippen molar-refractivity contribution in [1.29, 1.82) is 0 Å². The highest BCUT2D eigenvalue weighted by Crippen LogP contribution is 2.18. The van der Waals surface area contributed by atoms with Crippen molar-refractivity contribution in [3.8, 4) is 0 Å². The Morgan fingerprint density at radius 2 is 2.33 bits per heavy atom. The Bertz CT molecular complexity index is 286. The Hall–Kier alpha value is -1.02. The SMILES string of the molecule is C=NOCc1ccc(C)cc1Cl. The molecule has 64 valence electrons. The fourth-order valence-corrected chi connectivity index (χ4v) is 1.17. The first-order valence-corrected chi connectivity index (χ1v) is 3.95. The van der Waals surface area contributed by atoms with Crippen molar-refractivity contribution in [2.24, 2.45) is 5.16 Å². The summed E-state index contributed by atoms with van der Waals surface area (Å²) >= 11 is 5.92. The average Bonchev–Trinajstić information content (AvgIpc) is 2.03. The van der Waals surface area contributed by atoms with E-state index in [1.54, 1.807) is 0 Å². The van der Waals surface area contributed by atoms with Gasteiger partial charge in [0, 0.05) is 17.3 Å². The van der Waals surface area contributed by atoms with Crippen LogP contribution in [0.15, 0.2) is 23.4 Å². The molecule has 0 unspecified atom stereocenters. The Morgan fingerprint density at radius 1 is 1.58 bits per heavy atom. The third-order valence-electron chi connectivity index (χ3n) is 1.52. The molecule has 0 fully saturated rings. The molecule has 3 heteroatoms. The van der Waals surface area contributed by atoms with Gasteiger partial charge in [-0.3, -0.25) is 0 Å². The minimum atomic E-state index is 0.378. The van der Waals surface area contributed by atoms with Crippen molar-refractivity contribution < 1.29 is 4.84 Å². The zero-order valence-electron chi connectivity index (χ0n) is 6.88. The lowest BCUT2D eigenvalue weighted by molar-refractivity contribution is 0.133. The van der Waals surface area contributed by atoms with Gasteiger partial charge in [0.15, 0.2) is 0 Å². The second kappa shape index (κ2) is 4.12. The van der Waals surface area contributed by atoms with Gasteiger partial charge in [-0.1, -0.05) is 23.7 Å². The summed E-state index contributed by atoms with van der Waals surface area (Å²) in [7, 11) is 0. The zero-order valence-corrected chi connectivity index (χ0v) is 7.64. The first-order valence-electron chi connectivity index (χ1n) is 3.57. The molecule has 0 saturated heterocycles. The summed E-state index contributed by atoms with van der Waals surface area (Å²) < 4.78 is 0. The highest BCUT2D eigenvalue weighted by Gasteiger charge is 1.99. The van der Waals surface area contributed by atoms with Crippen LogP contribution in [0.3, 0.4) is 0 Å². The van der Waals surface area contributed by atoms with Crippen LogP contribution in [0.1, 0.15) is 11.1 Å². The fourth-order valence-electron chi connectivity index (χ4n) is 0.885. The highest BCUT2D eigenvalue weighted by molar-refractivity contribution is 6.31. The second-order valence-electron chi connectivity index (χ2n) is 2.50. The van der Waals surface area contributed by atoms with Gasteiger partial charge in [0.1, 0.15) is 6.61 Å². The van der Waals surface area contributed by atoms with Gasteiger partial charge in [-0.2, -0.15) is 0 Å². The summed E-state index contributed by atoms with van der Waals surface area (Å²) in [5, 5.41) is 3.99. The maximum atomic E-state index is 5.92. The second-order valence-corrected chi connectivity index (χ2v) is 2.90. The molecule has 12 heavy (non-hydrogen) atoms. The summed E-state index contributed by atoms with van der Waals surface area (Å²) in [5.74, 6) is 0. The number of oxime groups is 1. The van der Waals surface area contributed by atoms with Gasteiger partial charge in [-0.25, -0.2) is 0 Å². The molecule has 0 saturated carbocycles. The Kier molecular flexibility index (Phi) is 3.11. The van der Waals surface area contributed by atoms with Crippen LogP contribution in [0, 0.1) is 6.92 Å². The molecule has 2 nitrogen and oxygen atoms in total. The quantitative estimate of drug-likeness (QED) is 0.522. The molecule has 0 spiro atoms. The first kappa shape index (κ1) is 9.07. The Balaban J connectivity index is 2.78. The van der Waals surface area contributed by atoms with E-state index in [0.717, 1.165) is 11.1 Å². The molecule has 0 bridgehead atoms. The molecule has 0 N–H and O–H groups in total. The minimum Gasteiger partial charge on any atom is -0.391 e. The first-order chi connectivity index (χ1) is 5.74. The summed E-state index contributed by atoms with van der Waals surface area (Å²) in [6.07, 6.45) is 0. The van der Waals surface area contributed by atoms with Gasteiger partial charge in [0.2, 0.25) is 0 Å². The number of aryl methyl sites for hydroxylation is 1. The molecule has 0 aliphatic rings. The molecule has 0 aromatic heterocycles. The molecule has 0 radical (unpaired) electrons. The van der Waals surface area contributed by atoms with Gasteiger partial charge in [-0.05, 0) is 18.6 Å². The molecule has 1 rings (SSSR count). The van der Waals surface area contributed by atoms with E-state index in [-0.39, 0.29) is 0 Å². The predicted molar refractivity (Wildman–Crippen MR) is 50.5 cm³/mol. The standard InChI is InChI=1S/C9H10ClNO/c1-7-3-4-8(6-12-11-2)9(10)5-7/h3-5H,2,6H2,1H3. The van der Waals surface area contributed by atoms with Crippen molar-refractivity contribution in [3.05, 3.63) is 34.3 Å². The van der Waals surface area contributed by atoms with E-state index in [4.69, 9.17) is 16.4 Å². The van der Waals surface area contributed by atoms with Crippen molar-refractivity contribution in [2.75, 3.05) is 0 Å². The van der Waals surface area contributed by atoms with Gasteiger partial charge < -0.3 is 4.84 Å². The van der Waals surface area contributed by atoms with E-state index in [1.165, 1.54) is 0 Å². The van der Waals surface area contributed by atoms with Gasteiger partial charge in [0.05, 0.1) is 0 Å². The van der Waals surface area contributed by atoms with Crippen molar-refractivity contribution in [1.82, 2.24) is 0 Å². The highest BCUT2D eigenvalue weighted by atomic mass is 35.5. The van der Waals surface area contributed by atoms with Crippen LogP contribution in [0.4, 0.5) is 0 Å². The molecule has 1 aromatic carbocycles. The molecular weight excluding hydrogens is 174 g/mol. The smallest absolute Gasteiger partial charge is 0.143 e. The van der Waals surface area contributed by atoms with Crippen LogP contribution in [0.2, 0.25) is 5.02 Å². The number of hydrogen-bond donors (Lipinski definition) is 0. The molecular formula is C9H10ClNO. The lowest BCUT2D eigenvalue weighted by Crippen LogP contribution is -1.88. The lowest BCUT2D eigenvalue weighted by atomic mass is 10.2. The third kappa shape index (κ3) is 2.24. The van der Waals surface area contributed by atoms with Crippen molar-refractivity contribution in [2.45, 2.75) is 13.5 Å². The molecule has 1 aromatic rings. The fraction of sp³-hybridized carbons (Fsp3) is 0.222. The van der Waals surface area contributed by atoms with E-state index < -0.39 is 0 Å². The molecule has 0 aliphatic heterocycles. The molecule has 0 amide bonds. The molecule has 0 aliphatic carbocycles. The number of hydrogen-bond acceptors (Lipinski definition) is 2. The number of halogens is 1.